The van der Waals surface area contributed by atoms with Crippen LogP contribution in [-0.4, -0.2) is 16.1 Å². The Hall–Kier alpha value is -2.59. The van der Waals surface area contributed by atoms with Crippen molar-refractivity contribution in [3.05, 3.63) is 64.8 Å². The molecule has 0 saturated carbocycles. The number of aryl methyl sites for hydroxylation is 1. The predicted octanol–water partition coefficient (Wildman–Crippen LogP) is 4.64. The van der Waals surface area contributed by atoms with Gasteiger partial charge < -0.3 is 10.4 Å². The van der Waals surface area contributed by atoms with Crippen molar-refractivity contribution in [3.63, 3.8) is 0 Å². The Morgan fingerprint density at radius 2 is 1.95 bits per heavy atom. The first-order valence-electron chi connectivity index (χ1n) is 6.70. The predicted molar refractivity (Wildman–Crippen MR) is 88.2 cm³/mol. The van der Waals surface area contributed by atoms with Crippen LogP contribution in [0.2, 0.25) is 5.02 Å². The average molecular weight is 313 g/mol. The van der Waals surface area contributed by atoms with Gasteiger partial charge in [0.2, 0.25) is 0 Å². The average Bonchev–Trinajstić information content (AvgIpc) is 2.48. The molecule has 1 heterocycles. The van der Waals surface area contributed by atoms with Crippen LogP contribution in [0.15, 0.2) is 48.7 Å². The number of para-hydroxylation sites is 1. The van der Waals surface area contributed by atoms with Crippen molar-refractivity contribution in [1.82, 2.24) is 4.98 Å². The molecule has 22 heavy (non-hydrogen) atoms. The summed E-state index contributed by atoms with van der Waals surface area (Å²) in [4.78, 5) is 15.7. The molecule has 0 aliphatic carbocycles. The SMILES string of the molecule is Cc1cc(Cl)cc2c(Nc3ccccc3C(=O)O)ccnc12. The molecule has 0 atom stereocenters. The van der Waals surface area contributed by atoms with Crippen molar-refractivity contribution in [3.8, 4) is 0 Å². The number of carboxylic acid groups (broad SMARTS) is 1. The van der Waals surface area contributed by atoms with Gasteiger partial charge in [-0.3, -0.25) is 4.98 Å². The minimum atomic E-state index is -0.976. The van der Waals surface area contributed by atoms with Crippen LogP contribution in [0.4, 0.5) is 11.4 Å². The van der Waals surface area contributed by atoms with Crippen LogP contribution < -0.4 is 5.32 Å². The van der Waals surface area contributed by atoms with Crippen molar-refractivity contribution < 1.29 is 9.90 Å². The number of aromatic carboxylic acids is 1. The van der Waals surface area contributed by atoms with E-state index in [0.29, 0.717) is 10.7 Å². The van der Waals surface area contributed by atoms with E-state index in [0.717, 1.165) is 22.2 Å². The van der Waals surface area contributed by atoms with Gasteiger partial charge in [-0.1, -0.05) is 23.7 Å². The number of carboxylic acids is 1. The quantitative estimate of drug-likeness (QED) is 0.739. The molecule has 0 radical (unpaired) electrons. The monoisotopic (exact) mass is 312 g/mol. The van der Waals surface area contributed by atoms with Crippen LogP contribution in [0.3, 0.4) is 0 Å². The molecule has 4 nitrogen and oxygen atoms in total. The van der Waals surface area contributed by atoms with E-state index >= 15 is 0 Å². The normalized spacial score (nSPS) is 10.6. The van der Waals surface area contributed by atoms with Crippen molar-refractivity contribution in [2.24, 2.45) is 0 Å². The van der Waals surface area contributed by atoms with Crippen LogP contribution >= 0.6 is 11.6 Å². The number of halogens is 1. The lowest BCUT2D eigenvalue weighted by molar-refractivity contribution is 0.0698. The first kappa shape index (κ1) is 14.4. The fraction of sp³-hybridized carbons (Fsp3) is 0.0588. The lowest BCUT2D eigenvalue weighted by Crippen LogP contribution is -2.03. The summed E-state index contributed by atoms with van der Waals surface area (Å²) in [5.74, 6) is -0.976. The molecule has 3 rings (SSSR count). The van der Waals surface area contributed by atoms with E-state index in [2.05, 4.69) is 10.3 Å². The zero-order chi connectivity index (χ0) is 15.7. The molecule has 5 heteroatoms. The van der Waals surface area contributed by atoms with Gasteiger partial charge in [0, 0.05) is 22.3 Å². The number of fused-ring (bicyclic) bond motifs is 1. The van der Waals surface area contributed by atoms with Crippen LogP contribution in [0, 0.1) is 6.92 Å². The maximum absolute atomic E-state index is 11.3. The number of rotatable bonds is 3. The summed E-state index contributed by atoms with van der Waals surface area (Å²) in [6.07, 6.45) is 1.69. The Kier molecular flexibility index (Phi) is 3.69. The highest BCUT2D eigenvalue weighted by Gasteiger charge is 2.11. The summed E-state index contributed by atoms with van der Waals surface area (Å²) >= 11 is 6.13. The fourth-order valence-corrected chi connectivity index (χ4v) is 2.69. The molecular weight excluding hydrogens is 300 g/mol. The van der Waals surface area contributed by atoms with Crippen molar-refractivity contribution in [2.75, 3.05) is 5.32 Å². The first-order valence-corrected chi connectivity index (χ1v) is 7.08. The van der Waals surface area contributed by atoms with Gasteiger partial charge in [0.05, 0.1) is 16.8 Å². The van der Waals surface area contributed by atoms with Crippen molar-refractivity contribution >= 4 is 39.8 Å². The van der Waals surface area contributed by atoms with Crippen LogP contribution in [0.25, 0.3) is 10.9 Å². The number of carbonyl (C=O) groups is 1. The standard InChI is InChI=1S/C17H13ClN2O2/c1-10-8-11(18)9-13-15(6-7-19-16(10)13)20-14-5-3-2-4-12(14)17(21)22/h2-9H,1H3,(H,19,20)(H,21,22). The molecule has 0 amide bonds. The second-order valence-electron chi connectivity index (χ2n) is 4.95. The number of aromatic nitrogens is 1. The van der Waals surface area contributed by atoms with E-state index in [-0.39, 0.29) is 5.56 Å². The lowest BCUT2D eigenvalue weighted by Gasteiger charge is -2.13. The highest BCUT2D eigenvalue weighted by Crippen LogP contribution is 2.30. The molecule has 0 aliphatic rings. The third-order valence-electron chi connectivity index (χ3n) is 3.43. The molecule has 1 aromatic heterocycles. The Bertz CT molecular complexity index is 878. The second-order valence-corrected chi connectivity index (χ2v) is 5.39. The molecular formula is C17H13ClN2O2. The lowest BCUT2D eigenvalue weighted by atomic mass is 10.1. The number of benzene rings is 2. The fourth-order valence-electron chi connectivity index (χ4n) is 2.42. The molecule has 110 valence electrons. The smallest absolute Gasteiger partial charge is 0.337 e. The van der Waals surface area contributed by atoms with Crippen molar-refractivity contribution in [2.45, 2.75) is 6.92 Å². The molecule has 2 N–H and O–H groups in total. The number of pyridine rings is 1. The molecule has 0 aliphatic heterocycles. The summed E-state index contributed by atoms with van der Waals surface area (Å²) in [7, 11) is 0. The first-order chi connectivity index (χ1) is 10.6. The summed E-state index contributed by atoms with van der Waals surface area (Å²) in [6.45, 7) is 1.94. The van der Waals surface area contributed by atoms with E-state index in [9.17, 15) is 9.90 Å². The van der Waals surface area contributed by atoms with E-state index in [4.69, 9.17) is 11.6 Å². The zero-order valence-corrected chi connectivity index (χ0v) is 12.6. The van der Waals surface area contributed by atoms with Gasteiger partial charge in [0.1, 0.15) is 0 Å². The summed E-state index contributed by atoms with van der Waals surface area (Å²) in [6, 6.07) is 12.3. The van der Waals surface area contributed by atoms with E-state index in [1.807, 2.05) is 19.1 Å². The number of hydrogen-bond donors (Lipinski definition) is 2. The van der Waals surface area contributed by atoms with Gasteiger partial charge in [0.15, 0.2) is 0 Å². The zero-order valence-electron chi connectivity index (χ0n) is 11.8. The number of nitrogens with one attached hydrogen (secondary N) is 1. The summed E-state index contributed by atoms with van der Waals surface area (Å²) in [5.41, 5.74) is 3.32. The summed E-state index contributed by atoms with van der Waals surface area (Å²) < 4.78 is 0. The molecule has 3 aromatic rings. The van der Waals surface area contributed by atoms with Gasteiger partial charge in [-0.15, -0.1) is 0 Å². The molecule has 0 bridgehead atoms. The van der Waals surface area contributed by atoms with Gasteiger partial charge in [-0.25, -0.2) is 4.79 Å². The minimum Gasteiger partial charge on any atom is -0.478 e. The Morgan fingerprint density at radius 3 is 2.73 bits per heavy atom. The minimum absolute atomic E-state index is 0.214. The van der Waals surface area contributed by atoms with Gasteiger partial charge in [0.25, 0.3) is 0 Å². The molecule has 2 aromatic carbocycles. The third-order valence-corrected chi connectivity index (χ3v) is 3.65. The second kappa shape index (κ2) is 5.66. The van der Waals surface area contributed by atoms with E-state index in [1.54, 1.807) is 36.5 Å². The van der Waals surface area contributed by atoms with Gasteiger partial charge in [-0.2, -0.15) is 0 Å². The van der Waals surface area contributed by atoms with E-state index < -0.39 is 5.97 Å². The number of anilines is 2. The van der Waals surface area contributed by atoms with Gasteiger partial charge >= 0.3 is 5.97 Å². The third kappa shape index (κ3) is 2.61. The maximum Gasteiger partial charge on any atom is 0.337 e. The largest absolute Gasteiger partial charge is 0.478 e. The molecule has 0 saturated heterocycles. The van der Waals surface area contributed by atoms with E-state index in [1.165, 1.54) is 0 Å². The van der Waals surface area contributed by atoms with Crippen molar-refractivity contribution in [1.29, 1.82) is 0 Å². The Labute approximate surface area is 132 Å². The van der Waals surface area contributed by atoms with Crippen LogP contribution in [-0.2, 0) is 0 Å². The number of nitrogens with zero attached hydrogens (tertiary/aromatic N) is 1. The molecule has 0 fully saturated rings. The summed E-state index contributed by atoms with van der Waals surface area (Å²) in [5, 5.41) is 13.9. The highest BCUT2D eigenvalue weighted by molar-refractivity contribution is 6.31. The maximum atomic E-state index is 11.3. The Balaban J connectivity index is 2.14. The molecule has 0 spiro atoms. The highest BCUT2D eigenvalue weighted by atomic mass is 35.5. The Morgan fingerprint density at radius 1 is 1.18 bits per heavy atom. The molecule has 0 unspecified atom stereocenters. The number of hydrogen-bond acceptors (Lipinski definition) is 3. The topological polar surface area (TPSA) is 62.2 Å². The van der Waals surface area contributed by atoms with Gasteiger partial charge in [-0.05, 0) is 42.8 Å². The van der Waals surface area contributed by atoms with Crippen LogP contribution in [0.5, 0.6) is 0 Å². The van der Waals surface area contributed by atoms with Crippen LogP contribution in [0.1, 0.15) is 15.9 Å².